The van der Waals surface area contributed by atoms with Gasteiger partial charge in [0, 0.05) is 25.1 Å². The molecule has 1 fully saturated rings. The minimum atomic E-state index is -0.782. The summed E-state index contributed by atoms with van der Waals surface area (Å²) < 4.78 is 10.5. The Morgan fingerprint density at radius 2 is 1.78 bits per heavy atom. The van der Waals surface area contributed by atoms with Gasteiger partial charge in [0.2, 0.25) is 0 Å². The Bertz CT molecular complexity index is 1200. The maximum absolute atomic E-state index is 13.3. The number of Topliss-reactive ketones (excluding diaryl/α,β-unsaturated/α-hetero) is 1. The van der Waals surface area contributed by atoms with Gasteiger partial charge in [-0.15, -0.1) is 0 Å². The van der Waals surface area contributed by atoms with Gasteiger partial charge in [-0.25, -0.2) is 4.79 Å². The van der Waals surface area contributed by atoms with Gasteiger partial charge in [0.1, 0.15) is 17.6 Å². The Kier molecular flexibility index (Phi) is 7.45. The molecule has 2 aliphatic rings. The summed E-state index contributed by atoms with van der Waals surface area (Å²) in [5.74, 6) is -1.31. The van der Waals surface area contributed by atoms with Crippen LogP contribution in [0.15, 0.2) is 48.0 Å². The lowest BCUT2D eigenvalue weighted by atomic mass is 9.94. The second-order valence-electron chi connectivity index (χ2n) is 9.09. The first-order chi connectivity index (χ1) is 17.3. The molecule has 2 aliphatic heterocycles. The van der Waals surface area contributed by atoms with E-state index in [1.165, 1.54) is 12.0 Å². The molecule has 1 amide bonds. The van der Waals surface area contributed by atoms with Crippen LogP contribution < -0.4 is 4.74 Å². The molecule has 0 spiro atoms. The first-order valence-electron chi connectivity index (χ1n) is 12.3. The highest BCUT2D eigenvalue weighted by atomic mass is 16.5. The first kappa shape index (κ1) is 25.4. The fraction of sp³-hybridized carbons (Fsp3) is 0.393. The Labute approximate surface area is 211 Å². The van der Waals surface area contributed by atoms with Crippen molar-refractivity contribution in [2.45, 2.75) is 39.3 Å². The van der Waals surface area contributed by atoms with Gasteiger partial charge in [0.25, 0.3) is 11.7 Å². The van der Waals surface area contributed by atoms with E-state index in [0.717, 1.165) is 24.4 Å². The van der Waals surface area contributed by atoms with Crippen molar-refractivity contribution in [3.63, 3.8) is 0 Å². The van der Waals surface area contributed by atoms with Crippen LogP contribution in [0, 0.1) is 0 Å². The molecular formula is C28H32N2O6. The third-order valence-electron chi connectivity index (χ3n) is 6.91. The van der Waals surface area contributed by atoms with Crippen LogP contribution in [0.5, 0.6) is 5.75 Å². The van der Waals surface area contributed by atoms with E-state index in [4.69, 9.17) is 9.47 Å². The third-order valence-corrected chi connectivity index (χ3v) is 6.91. The number of likely N-dealkylation sites (tertiary alicyclic amines) is 1. The molecule has 36 heavy (non-hydrogen) atoms. The average molecular weight is 493 g/mol. The van der Waals surface area contributed by atoms with Crippen molar-refractivity contribution in [2.75, 3.05) is 33.3 Å². The van der Waals surface area contributed by atoms with E-state index in [9.17, 15) is 19.5 Å². The zero-order valence-electron chi connectivity index (χ0n) is 21.1. The molecule has 0 saturated carbocycles. The molecule has 0 unspecified atom stereocenters. The van der Waals surface area contributed by atoms with E-state index in [0.29, 0.717) is 36.2 Å². The van der Waals surface area contributed by atoms with E-state index in [2.05, 4.69) is 4.90 Å². The predicted octanol–water partition coefficient (Wildman–Crippen LogP) is 3.56. The predicted molar refractivity (Wildman–Crippen MR) is 135 cm³/mol. The molecule has 2 heterocycles. The van der Waals surface area contributed by atoms with Gasteiger partial charge in [-0.1, -0.05) is 26.0 Å². The Morgan fingerprint density at radius 1 is 1.11 bits per heavy atom. The van der Waals surface area contributed by atoms with Crippen LogP contribution in [-0.2, 0) is 20.7 Å². The van der Waals surface area contributed by atoms with Gasteiger partial charge >= 0.3 is 5.97 Å². The summed E-state index contributed by atoms with van der Waals surface area (Å²) in [6.07, 6.45) is 0.740. The van der Waals surface area contributed by atoms with Gasteiger partial charge in [-0.2, -0.15) is 0 Å². The number of fused-ring (bicyclic) bond motifs is 1. The summed E-state index contributed by atoms with van der Waals surface area (Å²) >= 11 is 0. The highest BCUT2D eigenvalue weighted by molar-refractivity contribution is 6.46. The molecule has 0 aliphatic carbocycles. The number of carbonyl (C=O) groups is 3. The van der Waals surface area contributed by atoms with E-state index in [-0.39, 0.29) is 17.4 Å². The Morgan fingerprint density at radius 3 is 2.42 bits per heavy atom. The minimum absolute atomic E-state index is 0.0383. The molecule has 0 aromatic heterocycles. The van der Waals surface area contributed by atoms with Crippen LogP contribution in [-0.4, -0.2) is 72.0 Å². The quantitative estimate of drug-likeness (QED) is 0.261. The number of ketones is 1. The second kappa shape index (κ2) is 10.5. The van der Waals surface area contributed by atoms with Crippen molar-refractivity contribution in [2.24, 2.45) is 0 Å². The van der Waals surface area contributed by atoms with Gasteiger partial charge in [-0.3, -0.25) is 9.59 Å². The molecule has 0 radical (unpaired) electrons. The molecule has 8 nitrogen and oxygen atoms in total. The number of hydrogen-bond acceptors (Lipinski definition) is 7. The number of benzene rings is 2. The van der Waals surface area contributed by atoms with Gasteiger partial charge in [0.15, 0.2) is 0 Å². The van der Waals surface area contributed by atoms with Crippen molar-refractivity contribution in [1.82, 2.24) is 9.80 Å². The molecule has 190 valence electrons. The van der Waals surface area contributed by atoms with Crippen LogP contribution in [0.3, 0.4) is 0 Å². The lowest BCUT2D eigenvalue weighted by Crippen LogP contribution is -2.38. The molecule has 4 rings (SSSR count). The number of nitrogens with zero attached hydrogens (tertiary/aromatic N) is 2. The van der Waals surface area contributed by atoms with Crippen molar-refractivity contribution < 1.29 is 29.0 Å². The van der Waals surface area contributed by atoms with Gasteiger partial charge in [0.05, 0.1) is 24.3 Å². The van der Waals surface area contributed by atoms with Gasteiger partial charge < -0.3 is 24.4 Å². The van der Waals surface area contributed by atoms with Crippen LogP contribution in [0.2, 0.25) is 0 Å². The second-order valence-corrected chi connectivity index (χ2v) is 9.09. The topological polar surface area (TPSA) is 96.4 Å². The number of likely N-dealkylation sites (N-methyl/N-ethyl adjacent to an activating group) is 1. The van der Waals surface area contributed by atoms with Crippen LogP contribution in [0.25, 0.3) is 5.76 Å². The number of aliphatic hydroxyl groups is 1. The maximum atomic E-state index is 13.3. The smallest absolute Gasteiger partial charge is 0.337 e. The zero-order chi connectivity index (χ0) is 26.0. The number of hydrogen-bond donors (Lipinski definition) is 1. The lowest BCUT2D eigenvalue weighted by Gasteiger charge is -2.28. The van der Waals surface area contributed by atoms with Crippen LogP contribution >= 0.6 is 0 Å². The Hall–Kier alpha value is -3.65. The number of rotatable bonds is 8. The molecule has 1 saturated heterocycles. The van der Waals surface area contributed by atoms with Crippen molar-refractivity contribution in [1.29, 1.82) is 0 Å². The maximum Gasteiger partial charge on any atom is 0.337 e. The highest BCUT2D eigenvalue weighted by Gasteiger charge is 2.46. The summed E-state index contributed by atoms with van der Waals surface area (Å²) in [5, 5.41) is 11.4. The monoisotopic (exact) mass is 492 g/mol. The van der Waals surface area contributed by atoms with E-state index >= 15 is 0 Å². The van der Waals surface area contributed by atoms with E-state index < -0.39 is 23.7 Å². The molecule has 2 atom stereocenters. The number of ether oxygens (including phenoxy) is 2. The lowest BCUT2D eigenvalue weighted by molar-refractivity contribution is -0.140. The minimum Gasteiger partial charge on any atom is -0.507 e. The summed E-state index contributed by atoms with van der Waals surface area (Å²) in [6.45, 7) is 8.59. The average Bonchev–Trinajstić information content (AvgIpc) is 3.39. The summed E-state index contributed by atoms with van der Waals surface area (Å²) in [5.41, 5.74) is 2.43. The first-order valence-corrected chi connectivity index (χ1v) is 12.3. The number of esters is 1. The normalized spacial score (nSPS) is 20.5. The van der Waals surface area contributed by atoms with E-state index in [1.54, 1.807) is 36.4 Å². The standard InChI is InChI=1S/C28H32N2O6/c1-5-29(6-2)13-14-30-24(18-7-9-19(10-8-18)28(34)35-4)23(26(32)27(30)33)25(31)20-11-12-22-21(16-20)15-17(3)36-22/h7-12,16-17,24,31H,5-6,13-15H2,1-4H3/b25-23+/t17-,24+/m0/s1. The fourth-order valence-corrected chi connectivity index (χ4v) is 4.89. The molecular weight excluding hydrogens is 460 g/mol. The fourth-order valence-electron chi connectivity index (χ4n) is 4.89. The number of amides is 1. The van der Waals surface area contributed by atoms with Crippen molar-refractivity contribution >= 4 is 23.4 Å². The molecule has 8 heteroatoms. The zero-order valence-corrected chi connectivity index (χ0v) is 21.1. The largest absolute Gasteiger partial charge is 0.507 e. The Balaban J connectivity index is 1.78. The number of methoxy groups -OCH3 is 1. The third kappa shape index (κ3) is 4.73. The van der Waals surface area contributed by atoms with Crippen LogP contribution in [0.1, 0.15) is 53.9 Å². The van der Waals surface area contributed by atoms with Gasteiger partial charge in [-0.05, 0) is 61.5 Å². The number of carbonyl (C=O) groups excluding carboxylic acids is 3. The van der Waals surface area contributed by atoms with Crippen LogP contribution in [0.4, 0.5) is 0 Å². The molecule has 2 aromatic rings. The SMILES string of the molecule is CCN(CC)CCN1C(=O)C(=O)/C(=C(/O)c2ccc3c(c2)C[C@H](C)O3)[C@H]1c1ccc(C(=O)OC)cc1. The summed E-state index contributed by atoms with van der Waals surface area (Å²) in [6, 6.07) is 11.1. The number of aliphatic hydroxyl groups excluding tert-OH is 1. The van der Waals surface area contributed by atoms with E-state index in [1.807, 2.05) is 26.8 Å². The molecule has 1 N–H and O–H groups in total. The molecule has 0 bridgehead atoms. The summed E-state index contributed by atoms with van der Waals surface area (Å²) in [7, 11) is 1.31. The highest BCUT2D eigenvalue weighted by Crippen LogP contribution is 2.40. The summed E-state index contributed by atoms with van der Waals surface area (Å²) in [4.78, 5) is 42.1. The van der Waals surface area contributed by atoms with Crippen molar-refractivity contribution in [3.05, 3.63) is 70.3 Å². The molecule has 2 aromatic carbocycles. The van der Waals surface area contributed by atoms with Crippen molar-refractivity contribution in [3.8, 4) is 5.75 Å².